The summed E-state index contributed by atoms with van der Waals surface area (Å²) in [5, 5.41) is 0.697. The summed E-state index contributed by atoms with van der Waals surface area (Å²) in [5.41, 5.74) is 2.94. The third-order valence-corrected chi connectivity index (χ3v) is 5.37. The van der Waals surface area contributed by atoms with E-state index < -0.39 is 0 Å². The number of nitrogens with zero attached hydrogens (tertiary/aromatic N) is 3. The highest BCUT2D eigenvalue weighted by Gasteiger charge is 2.17. The first kappa shape index (κ1) is 19.0. The molecule has 2 heterocycles. The van der Waals surface area contributed by atoms with Crippen LogP contribution in [0.1, 0.15) is 29.9 Å². The van der Waals surface area contributed by atoms with E-state index in [4.69, 9.17) is 21.3 Å². The maximum atomic E-state index is 13.6. The predicted molar refractivity (Wildman–Crippen MR) is 109 cm³/mol. The van der Waals surface area contributed by atoms with Crippen LogP contribution in [0.3, 0.4) is 0 Å². The summed E-state index contributed by atoms with van der Waals surface area (Å²) in [7, 11) is 1.56. The molecule has 0 aliphatic carbocycles. The summed E-state index contributed by atoms with van der Waals surface area (Å²) < 4.78 is 21.0. The third kappa shape index (κ3) is 4.21. The van der Waals surface area contributed by atoms with Crippen molar-refractivity contribution in [2.45, 2.75) is 25.8 Å². The lowest BCUT2D eigenvalue weighted by atomic mass is 10.1. The van der Waals surface area contributed by atoms with Crippen LogP contribution in [0.25, 0.3) is 5.69 Å². The Morgan fingerprint density at radius 1 is 1.11 bits per heavy atom. The number of likely N-dealkylation sites (tertiary alicyclic amines) is 1. The SMILES string of the molecule is COc1cc(F)ccc1Cc1nc(CN2CCCC2)cn1-c1ccc(Cl)cc1. The third-order valence-electron chi connectivity index (χ3n) is 5.12. The number of aromatic nitrogens is 2. The molecule has 146 valence electrons. The van der Waals surface area contributed by atoms with E-state index in [1.807, 2.05) is 24.3 Å². The van der Waals surface area contributed by atoms with Crippen LogP contribution in [-0.4, -0.2) is 34.7 Å². The van der Waals surface area contributed by atoms with Gasteiger partial charge in [0.25, 0.3) is 0 Å². The van der Waals surface area contributed by atoms with E-state index in [0.29, 0.717) is 17.2 Å². The van der Waals surface area contributed by atoms with E-state index in [2.05, 4.69) is 15.7 Å². The fraction of sp³-hybridized carbons (Fsp3) is 0.318. The molecule has 1 fully saturated rings. The van der Waals surface area contributed by atoms with Crippen LogP contribution in [0.15, 0.2) is 48.7 Å². The van der Waals surface area contributed by atoms with Crippen molar-refractivity contribution < 1.29 is 9.13 Å². The average Bonchev–Trinajstić information content (AvgIpc) is 3.34. The smallest absolute Gasteiger partial charge is 0.126 e. The van der Waals surface area contributed by atoms with Crippen molar-refractivity contribution in [2.75, 3.05) is 20.2 Å². The normalized spacial score (nSPS) is 14.5. The largest absolute Gasteiger partial charge is 0.496 e. The van der Waals surface area contributed by atoms with E-state index in [1.165, 1.54) is 25.0 Å². The molecule has 28 heavy (non-hydrogen) atoms. The van der Waals surface area contributed by atoms with Gasteiger partial charge in [0.1, 0.15) is 17.4 Å². The molecule has 1 aliphatic heterocycles. The molecule has 0 saturated carbocycles. The van der Waals surface area contributed by atoms with Crippen molar-refractivity contribution in [3.05, 3.63) is 76.6 Å². The molecule has 0 N–H and O–H groups in total. The number of halogens is 2. The summed E-state index contributed by atoms with van der Waals surface area (Å²) in [4.78, 5) is 7.33. The number of ether oxygens (including phenoxy) is 1. The molecule has 1 aromatic heterocycles. The Morgan fingerprint density at radius 2 is 1.86 bits per heavy atom. The molecule has 1 aliphatic rings. The number of hydrogen-bond acceptors (Lipinski definition) is 3. The van der Waals surface area contributed by atoms with Gasteiger partial charge in [-0.2, -0.15) is 0 Å². The van der Waals surface area contributed by atoms with Crippen LogP contribution in [0.5, 0.6) is 5.75 Å². The quantitative estimate of drug-likeness (QED) is 0.593. The first-order valence-corrected chi connectivity index (χ1v) is 9.88. The van der Waals surface area contributed by atoms with Crippen molar-refractivity contribution >= 4 is 11.6 Å². The maximum absolute atomic E-state index is 13.6. The molecule has 4 nitrogen and oxygen atoms in total. The Hall–Kier alpha value is -2.37. The Labute approximate surface area is 169 Å². The molecule has 0 unspecified atom stereocenters. The molecule has 0 atom stereocenters. The Bertz CT molecular complexity index is 949. The number of methoxy groups -OCH3 is 1. The zero-order valence-corrected chi connectivity index (χ0v) is 16.6. The lowest BCUT2D eigenvalue weighted by Crippen LogP contribution is -2.18. The van der Waals surface area contributed by atoms with Gasteiger partial charge >= 0.3 is 0 Å². The minimum absolute atomic E-state index is 0.309. The number of rotatable bonds is 6. The molecule has 0 radical (unpaired) electrons. The van der Waals surface area contributed by atoms with Gasteiger partial charge in [-0.05, 0) is 56.3 Å². The summed E-state index contributed by atoms with van der Waals surface area (Å²) in [6.07, 6.45) is 5.13. The summed E-state index contributed by atoms with van der Waals surface area (Å²) in [6, 6.07) is 12.3. The van der Waals surface area contributed by atoms with Gasteiger partial charge in [0.05, 0.1) is 12.8 Å². The Morgan fingerprint density at radius 3 is 2.57 bits per heavy atom. The maximum Gasteiger partial charge on any atom is 0.126 e. The van der Waals surface area contributed by atoms with Gasteiger partial charge in [0, 0.05) is 41.5 Å². The highest BCUT2D eigenvalue weighted by Crippen LogP contribution is 2.25. The van der Waals surface area contributed by atoms with Crippen molar-refractivity contribution in [3.63, 3.8) is 0 Å². The van der Waals surface area contributed by atoms with E-state index in [0.717, 1.165) is 42.4 Å². The molecule has 0 amide bonds. The predicted octanol–water partition coefficient (Wildman–Crippen LogP) is 4.86. The molecule has 3 aromatic rings. The van der Waals surface area contributed by atoms with Crippen molar-refractivity contribution in [1.29, 1.82) is 0 Å². The molecular formula is C22H23ClFN3O. The average molecular weight is 400 g/mol. The van der Waals surface area contributed by atoms with Gasteiger partial charge in [-0.15, -0.1) is 0 Å². The van der Waals surface area contributed by atoms with Crippen LogP contribution in [0.2, 0.25) is 5.02 Å². The van der Waals surface area contributed by atoms with Crippen LogP contribution in [0, 0.1) is 5.82 Å². The van der Waals surface area contributed by atoms with Crippen LogP contribution in [0.4, 0.5) is 4.39 Å². The Kier molecular flexibility index (Phi) is 5.64. The molecule has 2 aromatic carbocycles. The standard InChI is InChI=1S/C22H23ClFN3O/c1-28-21-13-18(24)7-4-16(21)12-22-25-19(14-26-10-2-3-11-26)15-27(22)20-8-5-17(23)6-9-20/h4-9,13,15H,2-3,10-12,14H2,1H3. The van der Waals surface area contributed by atoms with Gasteiger partial charge in [-0.1, -0.05) is 17.7 Å². The van der Waals surface area contributed by atoms with Crippen molar-refractivity contribution in [3.8, 4) is 11.4 Å². The second-order valence-corrected chi connectivity index (χ2v) is 7.55. The molecular weight excluding hydrogens is 377 g/mol. The number of hydrogen-bond donors (Lipinski definition) is 0. The highest BCUT2D eigenvalue weighted by molar-refractivity contribution is 6.30. The van der Waals surface area contributed by atoms with Crippen LogP contribution >= 0.6 is 11.6 Å². The van der Waals surface area contributed by atoms with E-state index in [9.17, 15) is 4.39 Å². The number of benzene rings is 2. The van der Waals surface area contributed by atoms with Gasteiger partial charge < -0.3 is 9.30 Å². The zero-order valence-electron chi connectivity index (χ0n) is 15.9. The summed E-state index contributed by atoms with van der Waals surface area (Å²) in [6.45, 7) is 3.08. The summed E-state index contributed by atoms with van der Waals surface area (Å²) in [5.74, 6) is 1.12. The molecule has 1 saturated heterocycles. The highest BCUT2D eigenvalue weighted by atomic mass is 35.5. The first-order valence-electron chi connectivity index (χ1n) is 9.50. The fourth-order valence-corrected chi connectivity index (χ4v) is 3.83. The minimum Gasteiger partial charge on any atom is -0.496 e. The number of imidazole rings is 1. The monoisotopic (exact) mass is 399 g/mol. The van der Waals surface area contributed by atoms with Gasteiger partial charge in [-0.25, -0.2) is 9.37 Å². The van der Waals surface area contributed by atoms with Crippen LogP contribution < -0.4 is 4.74 Å². The zero-order chi connectivity index (χ0) is 19.5. The second-order valence-electron chi connectivity index (χ2n) is 7.11. The van der Waals surface area contributed by atoms with Gasteiger partial charge in [0.2, 0.25) is 0 Å². The summed E-state index contributed by atoms with van der Waals surface area (Å²) >= 11 is 6.06. The molecule has 6 heteroatoms. The second kappa shape index (κ2) is 8.33. The van der Waals surface area contributed by atoms with Gasteiger partial charge in [0.15, 0.2) is 0 Å². The molecule has 4 rings (SSSR count). The lowest BCUT2D eigenvalue weighted by molar-refractivity contribution is 0.327. The van der Waals surface area contributed by atoms with E-state index in [1.54, 1.807) is 13.2 Å². The lowest BCUT2D eigenvalue weighted by Gasteiger charge is -2.11. The van der Waals surface area contributed by atoms with Crippen LogP contribution in [-0.2, 0) is 13.0 Å². The Balaban J connectivity index is 1.69. The first-order chi connectivity index (χ1) is 13.6. The topological polar surface area (TPSA) is 30.3 Å². The van der Waals surface area contributed by atoms with E-state index in [-0.39, 0.29) is 5.82 Å². The fourth-order valence-electron chi connectivity index (χ4n) is 3.70. The van der Waals surface area contributed by atoms with Crippen molar-refractivity contribution in [2.24, 2.45) is 0 Å². The van der Waals surface area contributed by atoms with Crippen molar-refractivity contribution in [1.82, 2.24) is 14.5 Å². The minimum atomic E-state index is -0.309. The van der Waals surface area contributed by atoms with E-state index >= 15 is 0 Å². The molecule has 0 spiro atoms. The van der Waals surface area contributed by atoms with Gasteiger partial charge in [-0.3, -0.25) is 4.90 Å². The molecule has 0 bridgehead atoms.